The molecule has 0 aliphatic heterocycles. The fourth-order valence-electron chi connectivity index (χ4n) is 1.63. The molecule has 0 radical (unpaired) electrons. The Labute approximate surface area is 141 Å². The van der Waals surface area contributed by atoms with Crippen molar-refractivity contribution < 1.29 is 0 Å². The minimum Gasteiger partial charge on any atom is -0.0823 e. The van der Waals surface area contributed by atoms with Gasteiger partial charge in [0.1, 0.15) is 0 Å². The molecule has 0 heterocycles. The van der Waals surface area contributed by atoms with Crippen molar-refractivity contribution in [3.05, 3.63) is 68.6 Å². The fourth-order valence-corrected chi connectivity index (χ4v) is 3.38. The molecular weight excluding hydrogens is 488 g/mol. The Hall–Kier alpha value is 0.360. The Morgan fingerprint density at radius 1 is 0.556 bits per heavy atom. The van der Waals surface area contributed by atoms with Crippen LogP contribution in [0.2, 0.25) is 0 Å². The molecule has 2 rings (SSSR count). The highest BCUT2D eigenvalue weighted by Gasteiger charge is 2.19. The highest BCUT2D eigenvalue weighted by atomic mass is 79.9. The number of alkyl halides is 2. The quantitative estimate of drug-likeness (QED) is 0.410. The Balaban J connectivity index is 2.20. The fraction of sp³-hybridized carbons (Fsp3) is 0.143. The summed E-state index contributed by atoms with van der Waals surface area (Å²) >= 11 is 14.4. The zero-order valence-electron chi connectivity index (χ0n) is 9.29. The van der Waals surface area contributed by atoms with Crippen LogP contribution in [-0.4, -0.2) is 0 Å². The zero-order valence-corrected chi connectivity index (χ0v) is 15.6. The molecule has 0 aliphatic rings. The van der Waals surface area contributed by atoms with Gasteiger partial charge in [-0.3, -0.25) is 0 Å². The van der Waals surface area contributed by atoms with Crippen molar-refractivity contribution in [3.63, 3.8) is 0 Å². The van der Waals surface area contributed by atoms with Gasteiger partial charge < -0.3 is 0 Å². The summed E-state index contributed by atoms with van der Waals surface area (Å²) in [4.78, 5) is 0.485. The maximum Gasteiger partial charge on any atom is 0.0561 e. The van der Waals surface area contributed by atoms with E-state index in [9.17, 15) is 0 Å². The van der Waals surface area contributed by atoms with E-state index < -0.39 is 0 Å². The predicted molar refractivity (Wildman–Crippen MR) is 91.6 cm³/mol. The summed E-state index contributed by atoms with van der Waals surface area (Å²) in [5.74, 6) is 0. The number of rotatable bonds is 3. The number of benzene rings is 2. The number of hydrogen-bond acceptors (Lipinski definition) is 0. The molecule has 0 fully saturated rings. The van der Waals surface area contributed by atoms with E-state index in [-0.39, 0.29) is 9.65 Å². The molecule has 0 aromatic heterocycles. The number of halogens is 4. The molecule has 4 heteroatoms. The van der Waals surface area contributed by atoms with Gasteiger partial charge in [-0.25, -0.2) is 0 Å². The summed E-state index contributed by atoms with van der Waals surface area (Å²) in [6.45, 7) is 0. The summed E-state index contributed by atoms with van der Waals surface area (Å²) < 4.78 is 2.20. The average molecular weight is 498 g/mol. The molecule has 2 atom stereocenters. The second-order valence-corrected chi connectivity index (χ2v) is 7.71. The van der Waals surface area contributed by atoms with Crippen molar-refractivity contribution in [2.24, 2.45) is 0 Å². The molecule has 0 aliphatic carbocycles. The lowest BCUT2D eigenvalue weighted by molar-refractivity contribution is 0.937. The Morgan fingerprint density at radius 3 is 1.11 bits per heavy atom. The standard InChI is InChI=1S/C14H10Br4/c15-11-5-1-9(2-6-11)13(17)14(18)10-3-7-12(16)8-4-10/h1-8,13-14H/t13-,14-/m1/s1. The van der Waals surface area contributed by atoms with E-state index in [1.54, 1.807) is 0 Å². The van der Waals surface area contributed by atoms with E-state index in [0.29, 0.717) is 0 Å². The second-order valence-electron chi connectivity index (χ2n) is 3.91. The van der Waals surface area contributed by atoms with E-state index in [4.69, 9.17) is 0 Å². The van der Waals surface area contributed by atoms with E-state index in [1.807, 2.05) is 0 Å². The lowest BCUT2D eigenvalue weighted by Gasteiger charge is -2.18. The first-order valence-electron chi connectivity index (χ1n) is 5.37. The van der Waals surface area contributed by atoms with Crippen LogP contribution in [0.15, 0.2) is 57.5 Å². The van der Waals surface area contributed by atoms with E-state index >= 15 is 0 Å². The summed E-state index contributed by atoms with van der Waals surface area (Å²) in [7, 11) is 0. The predicted octanol–water partition coefficient (Wildman–Crippen LogP) is 6.78. The Bertz CT molecular complexity index is 455. The molecule has 0 unspecified atom stereocenters. The first-order valence-corrected chi connectivity index (χ1v) is 8.79. The molecule has 0 saturated heterocycles. The van der Waals surface area contributed by atoms with Gasteiger partial charge in [0.2, 0.25) is 0 Å². The highest BCUT2D eigenvalue weighted by molar-refractivity contribution is 9.12. The van der Waals surface area contributed by atoms with E-state index in [2.05, 4.69) is 112 Å². The van der Waals surface area contributed by atoms with Crippen LogP contribution in [0.4, 0.5) is 0 Å². The first-order chi connectivity index (χ1) is 8.58. The normalized spacial score (nSPS) is 14.2. The van der Waals surface area contributed by atoms with Crippen molar-refractivity contribution in [2.45, 2.75) is 9.65 Å². The van der Waals surface area contributed by atoms with E-state index in [1.165, 1.54) is 11.1 Å². The van der Waals surface area contributed by atoms with Gasteiger partial charge >= 0.3 is 0 Å². The topological polar surface area (TPSA) is 0 Å². The lowest BCUT2D eigenvalue weighted by Crippen LogP contribution is -1.99. The lowest BCUT2D eigenvalue weighted by atomic mass is 10.0. The van der Waals surface area contributed by atoms with Gasteiger partial charge in [0.15, 0.2) is 0 Å². The SMILES string of the molecule is Brc1ccc([C@@H](Br)[C@H](Br)c2ccc(Br)cc2)cc1. The van der Waals surface area contributed by atoms with Crippen molar-refractivity contribution in [2.75, 3.05) is 0 Å². The van der Waals surface area contributed by atoms with Crippen molar-refractivity contribution in [1.82, 2.24) is 0 Å². The molecule has 18 heavy (non-hydrogen) atoms. The third-order valence-electron chi connectivity index (χ3n) is 2.63. The van der Waals surface area contributed by atoms with Crippen molar-refractivity contribution >= 4 is 63.7 Å². The van der Waals surface area contributed by atoms with Gasteiger partial charge in [-0.2, -0.15) is 0 Å². The van der Waals surface area contributed by atoms with Crippen LogP contribution < -0.4 is 0 Å². The summed E-state index contributed by atoms with van der Waals surface area (Å²) in [5.41, 5.74) is 2.51. The van der Waals surface area contributed by atoms with Gasteiger partial charge in [0.25, 0.3) is 0 Å². The summed E-state index contributed by atoms with van der Waals surface area (Å²) in [5, 5.41) is 0. The van der Waals surface area contributed by atoms with Crippen LogP contribution in [-0.2, 0) is 0 Å². The van der Waals surface area contributed by atoms with Gasteiger partial charge in [-0.15, -0.1) is 0 Å². The van der Waals surface area contributed by atoms with Gasteiger partial charge in [0.05, 0.1) is 9.65 Å². The Kier molecular flexibility index (Phi) is 5.48. The van der Waals surface area contributed by atoms with Crippen LogP contribution in [0, 0.1) is 0 Å². The maximum atomic E-state index is 3.76. The zero-order chi connectivity index (χ0) is 13.1. The Morgan fingerprint density at radius 2 is 0.833 bits per heavy atom. The van der Waals surface area contributed by atoms with Crippen LogP contribution >= 0.6 is 63.7 Å². The smallest absolute Gasteiger partial charge is 0.0561 e. The molecule has 0 spiro atoms. The van der Waals surface area contributed by atoms with Crippen LogP contribution in [0.25, 0.3) is 0 Å². The van der Waals surface area contributed by atoms with Crippen LogP contribution in [0.1, 0.15) is 20.8 Å². The third-order valence-corrected chi connectivity index (χ3v) is 6.52. The minimum absolute atomic E-state index is 0.242. The molecule has 0 saturated carbocycles. The third kappa shape index (κ3) is 3.69. The molecule has 0 nitrogen and oxygen atoms in total. The van der Waals surface area contributed by atoms with Crippen LogP contribution in [0.3, 0.4) is 0 Å². The molecule has 0 bridgehead atoms. The molecule has 94 valence electrons. The van der Waals surface area contributed by atoms with Gasteiger partial charge in [0, 0.05) is 8.95 Å². The minimum atomic E-state index is 0.242. The van der Waals surface area contributed by atoms with E-state index in [0.717, 1.165) is 8.95 Å². The van der Waals surface area contributed by atoms with Crippen LogP contribution in [0.5, 0.6) is 0 Å². The summed E-state index contributed by atoms with van der Waals surface area (Å²) in [6.07, 6.45) is 0. The average Bonchev–Trinajstić information content (AvgIpc) is 2.39. The highest BCUT2D eigenvalue weighted by Crippen LogP contribution is 2.42. The summed E-state index contributed by atoms with van der Waals surface area (Å²) in [6, 6.07) is 16.7. The first kappa shape index (κ1) is 14.8. The molecule has 0 amide bonds. The monoisotopic (exact) mass is 494 g/mol. The maximum absolute atomic E-state index is 3.76. The molecule has 0 N–H and O–H groups in total. The second kappa shape index (κ2) is 6.69. The largest absolute Gasteiger partial charge is 0.0823 e. The van der Waals surface area contributed by atoms with Crippen molar-refractivity contribution in [3.8, 4) is 0 Å². The molecule has 2 aromatic carbocycles. The molecular formula is C14H10Br4. The van der Waals surface area contributed by atoms with Gasteiger partial charge in [-0.1, -0.05) is 88.0 Å². The number of hydrogen-bond donors (Lipinski definition) is 0. The van der Waals surface area contributed by atoms with Crippen molar-refractivity contribution in [1.29, 1.82) is 0 Å². The molecule has 2 aromatic rings. The van der Waals surface area contributed by atoms with Gasteiger partial charge in [-0.05, 0) is 35.4 Å².